The quantitative estimate of drug-likeness (QED) is 0.722. The number of nitrogens with one attached hydrogen (secondary N) is 1. The Morgan fingerprint density at radius 3 is 2.68 bits per heavy atom. The van der Waals surface area contributed by atoms with Crippen molar-refractivity contribution in [3.63, 3.8) is 0 Å². The number of unbranched alkanes of at least 4 members (excludes halogenated alkanes) is 5. The molecule has 0 aromatic heterocycles. The topological polar surface area (TPSA) is 29.1 Å². The summed E-state index contributed by atoms with van der Waals surface area (Å²) >= 11 is 1.72. The van der Waals surface area contributed by atoms with Crippen LogP contribution in [0, 0.1) is 0 Å². The molecule has 0 fully saturated rings. The fourth-order valence-electron chi connectivity index (χ4n) is 2.39. The van der Waals surface area contributed by atoms with E-state index in [1.54, 1.807) is 11.8 Å². The van der Waals surface area contributed by atoms with Crippen LogP contribution in [0.25, 0.3) is 0 Å². The first-order valence-corrected chi connectivity index (χ1v) is 8.25. The minimum Gasteiger partial charge on any atom is -0.324 e. The van der Waals surface area contributed by atoms with Gasteiger partial charge in [-0.15, -0.1) is 11.8 Å². The van der Waals surface area contributed by atoms with Gasteiger partial charge in [0.2, 0.25) is 5.91 Å². The number of fused-ring (bicyclic) bond motifs is 1. The van der Waals surface area contributed by atoms with Gasteiger partial charge >= 0.3 is 0 Å². The molecule has 0 bridgehead atoms. The van der Waals surface area contributed by atoms with Crippen molar-refractivity contribution >= 4 is 23.4 Å². The van der Waals surface area contributed by atoms with Crippen molar-refractivity contribution in [2.45, 2.75) is 62.0 Å². The van der Waals surface area contributed by atoms with Crippen molar-refractivity contribution in [2.75, 3.05) is 5.32 Å². The van der Waals surface area contributed by atoms with Crippen molar-refractivity contribution in [1.29, 1.82) is 0 Å². The SMILES string of the molecule is CCCCCCCCC1Sc2ccccc2NC1=O. The number of anilines is 1. The highest BCUT2D eigenvalue weighted by Gasteiger charge is 2.25. The molecule has 2 nitrogen and oxygen atoms in total. The van der Waals surface area contributed by atoms with Crippen molar-refractivity contribution in [2.24, 2.45) is 0 Å². The lowest BCUT2D eigenvalue weighted by Gasteiger charge is -2.23. The summed E-state index contributed by atoms with van der Waals surface area (Å²) in [6.45, 7) is 2.24. The molecule has 104 valence electrons. The number of carbonyl (C=O) groups is 1. The highest BCUT2D eigenvalue weighted by Crippen LogP contribution is 2.37. The molecular formula is C16H23NOS. The lowest BCUT2D eigenvalue weighted by molar-refractivity contribution is -0.115. The summed E-state index contributed by atoms with van der Waals surface area (Å²) in [6, 6.07) is 8.06. The molecular weight excluding hydrogens is 254 g/mol. The molecule has 3 heteroatoms. The van der Waals surface area contributed by atoms with Gasteiger partial charge < -0.3 is 5.32 Å². The molecule has 19 heavy (non-hydrogen) atoms. The molecule has 1 aliphatic heterocycles. The summed E-state index contributed by atoms with van der Waals surface area (Å²) in [5.41, 5.74) is 0.969. The molecule has 0 saturated heterocycles. The molecule has 1 unspecified atom stereocenters. The average Bonchev–Trinajstić information content (AvgIpc) is 2.43. The van der Waals surface area contributed by atoms with E-state index in [-0.39, 0.29) is 11.2 Å². The zero-order valence-electron chi connectivity index (χ0n) is 11.7. The van der Waals surface area contributed by atoms with Gasteiger partial charge in [-0.1, -0.05) is 57.6 Å². The molecule has 1 aliphatic rings. The van der Waals surface area contributed by atoms with Gasteiger partial charge in [-0.3, -0.25) is 4.79 Å². The second-order valence-corrected chi connectivity index (χ2v) is 6.39. The smallest absolute Gasteiger partial charge is 0.237 e. The second kappa shape index (κ2) is 7.59. The van der Waals surface area contributed by atoms with Crippen molar-refractivity contribution in [3.8, 4) is 0 Å². The third-order valence-corrected chi connectivity index (χ3v) is 4.87. The molecule has 2 rings (SSSR count). The van der Waals surface area contributed by atoms with E-state index in [1.807, 2.05) is 18.2 Å². The molecule has 1 aromatic carbocycles. The standard InChI is InChI=1S/C16H23NOS/c1-2-3-4-5-6-7-12-15-16(18)17-13-10-8-9-11-14(13)19-15/h8-11,15H,2-7,12H2,1H3,(H,17,18). The maximum Gasteiger partial charge on any atom is 0.237 e. The number of para-hydroxylation sites is 1. The Morgan fingerprint density at radius 1 is 1.11 bits per heavy atom. The number of hydrogen-bond acceptors (Lipinski definition) is 2. The van der Waals surface area contributed by atoms with Gasteiger partial charge in [0.25, 0.3) is 0 Å². The van der Waals surface area contributed by atoms with Crippen LogP contribution >= 0.6 is 11.8 Å². The summed E-state index contributed by atoms with van der Waals surface area (Å²) in [4.78, 5) is 13.2. The molecule has 0 saturated carbocycles. The van der Waals surface area contributed by atoms with Gasteiger partial charge in [0.15, 0.2) is 0 Å². The van der Waals surface area contributed by atoms with Crippen LogP contribution in [0.3, 0.4) is 0 Å². The van der Waals surface area contributed by atoms with Crippen LogP contribution < -0.4 is 5.32 Å². The monoisotopic (exact) mass is 277 g/mol. The van der Waals surface area contributed by atoms with E-state index in [0.29, 0.717) is 0 Å². The molecule has 0 aliphatic carbocycles. The van der Waals surface area contributed by atoms with Crippen molar-refractivity contribution in [3.05, 3.63) is 24.3 Å². The number of thioether (sulfide) groups is 1. The molecule has 0 spiro atoms. The second-order valence-electron chi connectivity index (χ2n) is 5.15. The fourth-order valence-corrected chi connectivity index (χ4v) is 3.55. The number of benzene rings is 1. The van der Waals surface area contributed by atoms with E-state index in [0.717, 1.165) is 18.5 Å². The third-order valence-electron chi connectivity index (χ3n) is 3.53. The van der Waals surface area contributed by atoms with E-state index in [4.69, 9.17) is 0 Å². The normalized spacial score (nSPS) is 17.9. The van der Waals surface area contributed by atoms with E-state index in [2.05, 4.69) is 18.3 Å². The summed E-state index contributed by atoms with van der Waals surface area (Å²) in [5.74, 6) is 0.178. The highest BCUT2D eigenvalue weighted by atomic mass is 32.2. The molecule has 1 heterocycles. The minimum atomic E-state index is 0.0982. The van der Waals surface area contributed by atoms with Crippen LogP contribution in [0.2, 0.25) is 0 Å². The van der Waals surface area contributed by atoms with Crippen LogP contribution in [0.15, 0.2) is 29.2 Å². The Balaban J connectivity index is 1.75. The first kappa shape index (κ1) is 14.4. The third kappa shape index (κ3) is 4.27. The number of rotatable bonds is 7. The largest absolute Gasteiger partial charge is 0.324 e. The molecule has 1 aromatic rings. The van der Waals surface area contributed by atoms with E-state index < -0.39 is 0 Å². The van der Waals surface area contributed by atoms with Crippen molar-refractivity contribution < 1.29 is 4.79 Å². The van der Waals surface area contributed by atoms with Gasteiger partial charge in [0, 0.05) is 4.90 Å². The summed E-state index contributed by atoms with van der Waals surface area (Å²) in [5, 5.41) is 3.11. The summed E-state index contributed by atoms with van der Waals surface area (Å²) in [6.07, 6.45) is 8.69. The van der Waals surface area contributed by atoms with Crippen LogP contribution in [0.5, 0.6) is 0 Å². The summed E-state index contributed by atoms with van der Waals surface area (Å²) < 4.78 is 0. The molecule has 1 amide bonds. The maximum atomic E-state index is 12.0. The van der Waals surface area contributed by atoms with Crippen LogP contribution in [0.1, 0.15) is 51.9 Å². The zero-order valence-corrected chi connectivity index (χ0v) is 12.5. The Bertz CT molecular complexity index is 419. The van der Waals surface area contributed by atoms with E-state index in [1.165, 1.54) is 37.0 Å². The Kier molecular flexibility index (Phi) is 5.77. The van der Waals surface area contributed by atoms with E-state index >= 15 is 0 Å². The first-order chi connectivity index (χ1) is 9.31. The van der Waals surface area contributed by atoms with Gasteiger partial charge in [-0.2, -0.15) is 0 Å². The number of carbonyl (C=O) groups excluding carboxylic acids is 1. The summed E-state index contributed by atoms with van der Waals surface area (Å²) in [7, 11) is 0. The van der Waals surface area contributed by atoms with Crippen LogP contribution in [-0.2, 0) is 4.79 Å². The van der Waals surface area contributed by atoms with Crippen LogP contribution in [-0.4, -0.2) is 11.2 Å². The zero-order chi connectivity index (χ0) is 13.5. The Labute approximate surface area is 120 Å². The molecule has 0 radical (unpaired) electrons. The van der Waals surface area contributed by atoms with Gasteiger partial charge in [-0.25, -0.2) is 0 Å². The fraction of sp³-hybridized carbons (Fsp3) is 0.562. The predicted molar refractivity (Wildman–Crippen MR) is 82.7 cm³/mol. The minimum absolute atomic E-state index is 0.0982. The lowest BCUT2D eigenvalue weighted by Crippen LogP contribution is -2.28. The van der Waals surface area contributed by atoms with Crippen LogP contribution in [0.4, 0.5) is 5.69 Å². The average molecular weight is 277 g/mol. The van der Waals surface area contributed by atoms with Gasteiger partial charge in [0.1, 0.15) is 0 Å². The maximum absolute atomic E-state index is 12.0. The van der Waals surface area contributed by atoms with Gasteiger partial charge in [-0.05, 0) is 18.6 Å². The number of amides is 1. The first-order valence-electron chi connectivity index (χ1n) is 7.38. The van der Waals surface area contributed by atoms with Gasteiger partial charge in [0.05, 0.1) is 10.9 Å². The number of hydrogen-bond donors (Lipinski definition) is 1. The van der Waals surface area contributed by atoms with Crippen molar-refractivity contribution in [1.82, 2.24) is 0 Å². The molecule has 1 atom stereocenters. The lowest BCUT2D eigenvalue weighted by atomic mass is 10.1. The Hall–Kier alpha value is -0.960. The van der Waals surface area contributed by atoms with E-state index in [9.17, 15) is 4.79 Å². The molecule has 1 N–H and O–H groups in total. The highest BCUT2D eigenvalue weighted by molar-refractivity contribution is 8.01. The predicted octanol–water partition coefficient (Wildman–Crippen LogP) is 4.85. The Morgan fingerprint density at radius 2 is 1.84 bits per heavy atom.